The average molecular weight is 231 g/mol. The van der Waals surface area contributed by atoms with Crippen molar-refractivity contribution < 1.29 is 19.0 Å². The Labute approximate surface area is 96.4 Å². The van der Waals surface area contributed by atoms with Crippen LogP contribution >= 0.6 is 0 Å². The molecular weight excluding hydrogens is 210 g/mol. The van der Waals surface area contributed by atoms with Crippen molar-refractivity contribution in [3.05, 3.63) is 0 Å². The molecule has 5 nitrogen and oxygen atoms in total. The Morgan fingerprint density at radius 1 is 1.44 bits per heavy atom. The van der Waals surface area contributed by atoms with E-state index in [1.54, 1.807) is 6.92 Å². The lowest BCUT2D eigenvalue weighted by atomic mass is 10.2. The second-order valence-corrected chi connectivity index (χ2v) is 4.23. The van der Waals surface area contributed by atoms with Gasteiger partial charge >= 0.3 is 5.97 Å². The van der Waals surface area contributed by atoms with Gasteiger partial charge in [0.1, 0.15) is 0 Å². The minimum atomic E-state index is -0.487. The van der Waals surface area contributed by atoms with Crippen molar-refractivity contribution in [1.82, 2.24) is 5.32 Å². The summed E-state index contributed by atoms with van der Waals surface area (Å²) in [6.45, 7) is 7.82. The quantitative estimate of drug-likeness (QED) is 0.705. The maximum atomic E-state index is 11.1. The van der Waals surface area contributed by atoms with Gasteiger partial charge in [0, 0.05) is 6.54 Å². The zero-order valence-electron chi connectivity index (χ0n) is 10.2. The summed E-state index contributed by atoms with van der Waals surface area (Å²) in [7, 11) is 0. The molecule has 1 N–H and O–H groups in total. The zero-order valence-corrected chi connectivity index (χ0v) is 10.2. The molecule has 16 heavy (non-hydrogen) atoms. The minimum absolute atomic E-state index is 0.155. The van der Waals surface area contributed by atoms with E-state index in [4.69, 9.17) is 14.2 Å². The molecule has 0 saturated carbocycles. The molecule has 1 aliphatic rings. The number of rotatable bonds is 5. The third-order valence-corrected chi connectivity index (χ3v) is 2.33. The number of esters is 1. The number of hydrogen-bond acceptors (Lipinski definition) is 5. The summed E-state index contributed by atoms with van der Waals surface area (Å²) in [6, 6.07) is 0.155. The van der Waals surface area contributed by atoms with Gasteiger partial charge in [-0.1, -0.05) is 0 Å². The first-order chi connectivity index (χ1) is 7.53. The van der Waals surface area contributed by atoms with Crippen LogP contribution in [-0.4, -0.2) is 44.2 Å². The SMILES string of the molecule is CCOC(=O)CCNC1COC(C)(C)OC1. The first-order valence-corrected chi connectivity index (χ1v) is 5.70. The van der Waals surface area contributed by atoms with E-state index in [-0.39, 0.29) is 12.0 Å². The summed E-state index contributed by atoms with van der Waals surface area (Å²) in [6.07, 6.45) is 0.383. The monoisotopic (exact) mass is 231 g/mol. The van der Waals surface area contributed by atoms with E-state index in [1.807, 2.05) is 13.8 Å². The van der Waals surface area contributed by atoms with Crippen LogP contribution in [0.4, 0.5) is 0 Å². The fourth-order valence-electron chi connectivity index (χ4n) is 1.42. The Bertz CT molecular complexity index is 220. The topological polar surface area (TPSA) is 56.8 Å². The normalized spacial score (nSPS) is 20.7. The molecule has 0 unspecified atom stereocenters. The van der Waals surface area contributed by atoms with Crippen LogP contribution in [0.3, 0.4) is 0 Å². The van der Waals surface area contributed by atoms with Crippen LogP contribution in [0.5, 0.6) is 0 Å². The third kappa shape index (κ3) is 4.92. The van der Waals surface area contributed by atoms with Crippen LogP contribution in [0, 0.1) is 0 Å². The number of carbonyl (C=O) groups is 1. The summed E-state index contributed by atoms with van der Waals surface area (Å²) in [5, 5.41) is 3.20. The number of carbonyl (C=O) groups excluding carboxylic acids is 1. The van der Waals surface area contributed by atoms with Crippen molar-refractivity contribution >= 4 is 5.97 Å². The standard InChI is InChI=1S/C11H21NO4/c1-4-14-10(13)5-6-12-9-7-15-11(2,3)16-8-9/h9,12H,4-8H2,1-3H3. The van der Waals surface area contributed by atoms with E-state index in [0.717, 1.165) is 0 Å². The molecule has 0 radical (unpaired) electrons. The fraction of sp³-hybridized carbons (Fsp3) is 0.909. The first-order valence-electron chi connectivity index (χ1n) is 5.70. The molecular formula is C11H21NO4. The van der Waals surface area contributed by atoms with E-state index < -0.39 is 5.79 Å². The first kappa shape index (κ1) is 13.4. The predicted octanol–water partition coefficient (Wildman–Crippen LogP) is 0.681. The molecule has 0 aliphatic carbocycles. The van der Waals surface area contributed by atoms with E-state index in [1.165, 1.54) is 0 Å². The van der Waals surface area contributed by atoms with Gasteiger partial charge in [0.15, 0.2) is 5.79 Å². The van der Waals surface area contributed by atoms with Crippen LogP contribution in [0.2, 0.25) is 0 Å². The highest BCUT2D eigenvalue weighted by Crippen LogP contribution is 2.16. The van der Waals surface area contributed by atoms with E-state index in [2.05, 4.69) is 5.32 Å². The molecule has 1 aliphatic heterocycles. The summed E-state index contributed by atoms with van der Waals surface area (Å²) < 4.78 is 15.8. The van der Waals surface area contributed by atoms with Gasteiger partial charge in [-0.25, -0.2) is 0 Å². The van der Waals surface area contributed by atoms with Crippen LogP contribution in [-0.2, 0) is 19.0 Å². The van der Waals surface area contributed by atoms with Crippen LogP contribution < -0.4 is 5.32 Å². The van der Waals surface area contributed by atoms with Crippen molar-refractivity contribution in [2.45, 2.75) is 39.0 Å². The molecule has 94 valence electrons. The number of ether oxygens (including phenoxy) is 3. The summed E-state index contributed by atoms with van der Waals surface area (Å²) in [4.78, 5) is 11.1. The Morgan fingerprint density at radius 3 is 2.62 bits per heavy atom. The van der Waals surface area contributed by atoms with Gasteiger partial charge in [0.25, 0.3) is 0 Å². The lowest BCUT2D eigenvalue weighted by molar-refractivity contribution is -0.252. The highest BCUT2D eigenvalue weighted by Gasteiger charge is 2.27. The zero-order chi connectivity index (χ0) is 12.0. The average Bonchev–Trinajstić information content (AvgIpc) is 2.21. The lowest BCUT2D eigenvalue weighted by Crippen LogP contribution is -2.48. The van der Waals surface area contributed by atoms with Gasteiger partial charge in [0.2, 0.25) is 0 Å². The van der Waals surface area contributed by atoms with Crippen molar-refractivity contribution in [1.29, 1.82) is 0 Å². The molecule has 0 spiro atoms. The molecule has 1 saturated heterocycles. The summed E-state index contributed by atoms with van der Waals surface area (Å²) >= 11 is 0. The smallest absolute Gasteiger partial charge is 0.307 e. The maximum Gasteiger partial charge on any atom is 0.307 e. The second-order valence-electron chi connectivity index (χ2n) is 4.23. The van der Waals surface area contributed by atoms with Crippen LogP contribution in [0.25, 0.3) is 0 Å². The van der Waals surface area contributed by atoms with E-state index >= 15 is 0 Å². The molecule has 0 aromatic rings. The Hall–Kier alpha value is -0.650. The highest BCUT2D eigenvalue weighted by molar-refractivity contribution is 5.69. The van der Waals surface area contributed by atoms with Gasteiger partial charge in [0.05, 0.1) is 32.3 Å². The summed E-state index contributed by atoms with van der Waals surface area (Å²) in [5.74, 6) is -0.660. The van der Waals surface area contributed by atoms with Gasteiger partial charge < -0.3 is 19.5 Å². The van der Waals surface area contributed by atoms with E-state index in [0.29, 0.717) is 32.8 Å². The molecule has 0 amide bonds. The molecule has 0 atom stereocenters. The summed E-state index contributed by atoms with van der Waals surface area (Å²) in [5.41, 5.74) is 0. The second kappa shape index (κ2) is 6.18. The van der Waals surface area contributed by atoms with Gasteiger partial charge in [-0.2, -0.15) is 0 Å². The molecule has 1 heterocycles. The van der Waals surface area contributed by atoms with Crippen LogP contribution in [0.1, 0.15) is 27.2 Å². The number of hydrogen-bond donors (Lipinski definition) is 1. The highest BCUT2D eigenvalue weighted by atomic mass is 16.7. The van der Waals surface area contributed by atoms with Gasteiger partial charge in [-0.15, -0.1) is 0 Å². The minimum Gasteiger partial charge on any atom is -0.466 e. The Balaban J connectivity index is 2.09. The predicted molar refractivity (Wildman–Crippen MR) is 59.0 cm³/mol. The molecule has 1 rings (SSSR count). The lowest BCUT2D eigenvalue weighted by Gasteiger charge is -2.35. The molecule has 0 aromatic heterocycles. The van der Waals surface area contributed by atoms with Crippen molar-refractivity contribution in [2.24, 2.45) is 0 Å². The Kier molecular flexibility index (Phi) is 5.18. The third-order valence-electron chi connectivity index (χ3n) is 2.33. The van der Waals surface area contributed by atoms with Crippen molar-refractivity contribution in [3.63, 3.8) is 0 Å². The van der Waals surface area contributed by atoms with Crippen LogP contribution in [0.15, 0.2) is 0 Å². The molecule has 5 heteroatoms. The van der Waals surface area contributed by atoms with Gasteiger partial charge in [-0.05, 0) is 20.8 Å². The maximum absolute atomic E-state index is 11.1. The van der Waals surface area contributed by atoms with Gasteiger partial charge in [-0.3, -0.25) is 4.79 Å². The molecule has 0 bridgehead atoms. The fourth-order valence-corrected chi connectivity index (χ4v) is 1.42. The van der Waals surface area contributed by atoms with E-state index in [9.17, 15) is 4.79 Å². The van der Waals surface area contributed by atoms with Crippen molar-refractivity contribution in [2.75, 3.05) is 26.4 Å². The molecule has 1 fully saturated rings. The Morgan fingerprint density at radius 2 is 2.06 bits per heavy atom. The van der Waals surface area contributed by atoms with Crippen molar-refractivity contribution in [3.8, 4) is 0 Å². The molecule has 0 aromatic carbocycles. The number of nitrogens with one attached hydrogen (secondary N) is 1. The largest absolute Gasteiger partial charge is 0.466 e.